The van der Waals surface area contributed by atoms with Crippen LogP contribution in [-0.4, -0.2) is 18.3 Å². The third-order valence-electron chi connectivity index (χ3n) is 3.67. The number of carbonyl (C=O) groups is 1. The van der Waals surface area contributed by atoms with Crippen molar-refractivity contribution in [1.29, 1.82) is 0 Å². The van der Waals surface area contributed by atoms with Crippen LogP contribution < -0.4 is 10.1 Å². The highest BCUT2D eigenvalue weighted by Crippen LogP contribution is 2.37. The minimum absolute atomic E-state index is 0.0111. The van der Waals surface area contributed by atoms with E-state index < -0.39 is 6.61 Å². The van der Waals surface area contributed by atoms with E-state index in [9.17, 15) is 18.0 Å². The number of thioether (sulfide) groups is 1. The van der Waals surface area contributed by atoms with Crippen molar-refractivity contribution in [3.63, 3.8) is 0 Å². The zero-order valence-electron chi connectivity index (χ0n) is 12.5. The summed E-state index contributed by atoms with van der Waals surface area (Å²) in [5.74, 6) is 0.0683. The molecule has 0 aromatic heterocycles. The molecule has 0 aliphatic carbocycles. The fraction of sp³-hybridized carbons (Fsp3) is 0.235. The molecule has 1 aliphatic heterocycles. The molecule has 0 saturated carbocycles. The first kappa shape index (κ1) is 16.7. The second-order valence-electron chi connectivity index (χ2n) is 5.22. The molecule has 0 spiro atoms. The van der Waals surface area contributed by atoms with Gasteiger partial charge in [0.15, 0.2) is 0 Å². The van der Waals surface area contributed by atoms with Crippen molar-refractivity contribution in [1.82, 2.24) is 5.32 Å². The first-order chi connectivity index (χ1) is 11.5. The first-order valence-electron chi connectivity index (χ1n) is 7.31. The maximum Gasteiger partial charge on any atom is 0.387 e. The molecule has 0 fully saturated rings. The fourth-order valence-electron chi connectivity index (χ4n) is 2.57. The van der Waals surface area contributed by atoms with E-state index in [0.717, 1.165) is 5.56 Å². The van der Waals surface area contributed by atoms with Crippen LogP contribution in [0.2, 0.25) is 0 Å². The number of amides is 1. The summed E-state index contributed by atoms with van der Waals surface area (Å²) in [7, 11) is 0. The van der Waals surface area contributed by atoms with Crippen molar-refractivity contribution in [2.75, 3.05) is 5.75 Å². The van der Waals surface area contributed by atoms with E-state index in [1.807, 2.05) is 0 Å². The monoisotopic (exact) mass is 353 g/mol. The van der Waals surface area contributed by atoms with Crippen LogP contribution in [0.5, 0.6) is 5.75 Å². The number of hydrogen-bond acceptors (Lipinski definition) is 3. The molecular weight excluding hydrogens is 339 g/mol. The number of alkyl halides is 2. The van der Waals surface area contributed by atoms with E-state index in [4.69, 9.17) is 0 Å². The molecule has 0 radical (unpaired) electrons. The van der Waals surface area contributed by atoms with Crippen molar-refractivity contribution in [3.8, 4) is 5.75 Å². The molecule has 1 heterocycles. The number of nitrogens with one attached hydrogen (secondary N) is 1. The summed E-state index contributed by atoms with van der Waals surface area (Å²) in [5.41, 5.74) is 1.09. The number of ether oxygens (including phenoxy) is 1. The Hall–Kier alpha value is -2.15. The van der Waals surface area contributed by atoms with Gasteiger partial charge in [-0.25, -0.2) is 4.39 Å². The van der Waals surface area contributed by atoms with Crippen LogP contribution in [0.15, 0.2) is 47.4 Å². The molecule has 24 heavy (non-hydrogen) atoms. The van der Waals surface area contributed by atoms with Gasteiger partial charge in [-0.15, -0.1) is 11.8 Å². The molecule has 7 heteroatoms. The van der Waals surface area contributed by atoms with Crippen LogP contribution in [0.1, 0.15) is 28.4 Å². The van der Waals surface area contributed by atoms with Gasteiger partial charge in [-0.05, 0) is 42.3 Å². The quantitative estimate of drug-likeness (QED) is 0.886. The summed E-state index contributed by atoms with van der Waals surface area (Å²) in [4.78, 5) is 12.9. The van der Waals surface area contributed by atoms with Gasteiger partial charge in [0, 0.05) is 16.2 Å². The maximum absolute atomic E-state index is 13.8. The zero-order valence-corrected chi connectivity index (χ0v) is 13.3. The largest absolute Gasteiger partial charge is 0.435 e. The van der Waals surface area contributed by atoms with Gasteiger partial charge in [0.05, 0.1) is 6.04 Å². The highest BCUT2D eigenvalue weighted by atomic mass is 32.2. The van der Waals surface area contributed by atoms with Gasteiger partial charge in [-0.3, -0.25) is 4.79 Å². The number of halogens is 3. The van der Waals surface area contributed by atoms with Crippen LogP contribution in [0.3, 0.4) is 0 Å². The van der Waals surface area contributed by atoms with Crippen LogP contribution in [-0.2, 0) is 0 Å². The third-order valence-corrected chi connectivity index (χ3v) is 4.83. The van der Waals surface area contributed by atoms with Crippen LogP contribution in [0.4, 0.5) is 13.2 Å². The second-order valence-corrected chi connectivity index (χ2v) is 6.33. The molecule has 0 saturated heterocycles. The van der Waals surface area contributed by atoms with E-state index >= 15 is 0 Å². The smallest absolute Gasteiger partial charge is 0.387 e. The number of hydrogen-bond donors (Lipinski definition) is 1. The normalized spacial score (nSPS) is 16.6. The summed E-state index contributed by atoms with van der Waals surface area (Å²) in [6, 6.07) is 9.99. The van der Waals surface area contributed by atoms with E-state index in [-0.39, 0.29) is 23.5 Å². The number of rotatable bonds is 4. The van der Waals surface area contributed by atoms with Crippen molar-refractivity contribution in [2.45, 2.75) is 24.0 Å². The van der Waals surface area contributed by atoms with Gasteiger partial charge >= 0.3 is 6.61 Å². The van der Waals surface area contributed by atoms with Crippen LogP contribution in [0.25, 0.3) is 0 Å². The lowest BCUT2D eigenvalue weighted by molar-refractivity contribution is -0.0498. The van der Waals surface area contributed by atoms with E-state index in [1.165, 1.54) is 42.1 Å². The van der Waals surface area contributed by atoms with E-state index in [2.05, 4.69) is 10.1 Å². The molecule has 1 amide bonds. The summed E-state index contributed by atoms with van der Waals surface area (Å²) in [6.45, 7) is -2.91. The van der Waals surface area contributed by atoms with Crippen LogP contribution in [0, 0.1) is 5.82 Å². The maximum atomic E-state index is 13.8. The second kappa shape index (κ2) is 7.17. The van der Waals surface area contributed by atoms with E-state index in [0.29, 0.717) is 22.6 Å². The Kier molecular flexibility index (Phi) is 4.99. The van der Waals surface area contributed by atoms with Gasteiger partial charge in [0.25, 0.3) is 5.91 Å². The Morgan fingerprint density at radius 3 is 2.67 bits per heavy atom. The molecule has 1 unspecified atom stereocenters. The topological polar surface area (TPSA) is 38.3 Å². The molecular formula is C17H14F3NO2S. The Balaban J connectivity index is 1.73. The number of carbonyl (C=O) groups excluding carboxylic acids is 1. The highest BCUT2D eigenvalue weighted by Gasteiger charge is 2.24. The molecule has 1 aliphatic rings. The van der Waals surface area contributed by atoms with Crippen molar-refractivity contribution in [3.05, 3.63) is 59.4 Å². The zero-order chi connectivity index (χ0) is 17.1. The van der Waals surface area contributed by atoms with Gasteiger partial charge in [0.1, 0.15) is 11.6 Å². The number of benzene rings is 2. The SMILES string of the molecule is O=C(NC1CCSc2c(F)cccc21)c1ccc(OC(F)F)cc1. The summed E-state index contributed by atoms with van der Waals surface area (Å²) in [5, 5.41) is 2.87. The van der Waals surface area contributed by atoms with Crippen molar-refractivity contribution < 1.29 is 22.7 Å². The highest BCUT2D eigenvalue weighted by molar-refractivity contribution is 7.99. The minimum Gasteiger partial charge on any atom is -0.435 e. The molecule has 1 atom stereocenters. The first-order valence-corrected chi connectivity index (χ1v) is 8.30. The molecule has 3 rings (SSSR count). The predicted molar refractivity (Wildman–Crippen MR) is 85.0 cm³/mol. The Labute approximate surface area is 141 Å². The molecule has 0 bridgehead atoms. The lowest BCUT2D eigenvalue weighted by Gasteiger charge is -2.26. The summed E-state index contributed by atoms with van der Waals surface area (Å²) >= 11 is 1.44. The van der Waals surface area contributed by atoms with Gasteiger partial charge < -0.3 is 10.1 Å². The molecule has 1 N–H and O–H groups in total. The lowest BCUT2D eigenvalue weighted by Crippen LogP contribution is -2.30. The Bertz CT molecular complexity index is 737. The number of fused-ring (bicyclic) bond motifs is 1. The van der Waals surface area contributed by atoms with Crippen LogP contribution >= 0.6 is 11.8 Å². The average molecular weight is 353 g/mol. The minimum atomic E-state index is -2.91. The molecule has 3 nitrogen and oxygen atoms in total. The van der Waals surface area contributed by atoms with E-state index in [1.54, 1.807) is 12.1 Å². The van der Waals surface area contributed by atoms with Gasteiger partial charge in [0.2, 0.25) is 0 Å². The van der Waals surface area contributed by atoms with Crippen molar-refractivity contribution in [2.24, 2.45) is 0 Å². The van der Waals surface area contributed by atoms with Gasteiger partial charge in [-0.2, -0.15) is 8.78 Å². The summed E-state index contributed by atoms with van der Waals surface area (Å²) in [6.07, 6.45) is 0.694. The van der Waals surface area contributed by atoms with Gasteiger partial charge in [-0.1, -0.05) is 12.1 Å². The molecule has 2 aromatic rings. The third kappa shape index (κ3) is 3.67. The Morgan fingerprint density at radius 2 is 1.96 bits per heavy atom. The predicted octanol–water partition coefficient (Wildman–Crippen LogP) is 4.39. The Morgan fingerprint density at radius 1 is 1.21 bits per heavy atom. The average Bonchev–Trinajstić information content (AvgIpc) is 2.56. The standard InChI is InChI=1S/C17H14F3NO2S/c18-13-3-1-2-12-14(8-9-24-15(12)13)21-16(22)10-4-6-11(7-5-10)23-17(19)20/h1-7,14,17H,8-9H2,(H,21,22). The fourth-order valence-corrected chi connectivity index (χ4v) is 3.71. The van der Waals surface area contributed by atoms with Crippen molar-refractivity contribution >= 4 is 17.7 Å². The summed E-state index contributed by atoms with van der Waals surface area (Å²) < 4.78 is 42.3. The molecule has 126 valence electrons. The lowest BCUT2D eigenvalue weighted by atomic mass is 10.0. The molecule has 2 aromatic carbocycles.